The van der Waals surface area contributed by atoms with E-state index in [2.05, 4.69) is 5.32 Å². The first kappa shape index (κ1) is 10.6. The predicted octanol–water partition coefficient (Wildman–Crippen LogP) is 2.57. The Hall–Kier alpha value is -0.890. The van der Waals surface area contributed by atoms with Crippen LogP contribution in [0.25, 0.3) is 0 Å². The maximum absolute atomic E-state index is 14.4. The van der Waals surface area contributed by atoms with Crippen molar-refractivity contribution in [3.63, 3.8) is 0 Å². The summed E-state index contributed by atoms with van der Waals surface area (Å²) in [6.45, 7) is 3.51. The van der Waals surface area contributed by atoms with Crippen molar-refractivity contribution in [2.24, 2.45) is 5.92 Å². The molecule has 1 nitrogen and oxygen atoms in total. The second kappa shape index (κ2) is 4.31. The van der Waals surface area contributed by atoms with Gasteiger partial charge in [-0.25, -0.2) is 4.39 Å². The van der Waals surface area contributed by atoms with Crippen LogP contribution in [-0.2, 0) is 6.42 Å². The molecule has 1 aromatic rings. The molecule has 1 aliphatic rings. The summed E-state index contributed by atoms with van der Waals surface area (Å²) in [4.78, 5) is 0. The highest BCUT2D eigenvalue weighted by Crippen LogP contribution is 2.30. The van der Waals surface area contributed by atoms with Crippen molar-refractivity contribution in [1.29, 1.82) is 0 Å². The third-order valence-corrected chi connectivity index (χ3v) is 3.30. The molecule has 2 atom stereocenters. The molecule has 0 saturated carbocycles. The molecule has 1 fully saturated rings. The van der Waals surface area contributed by atoms with E-state index in [9.17, 15) is 4.39 Å². The molecule has 0 aromatic heterocycles. The summed E-state index contributed by atoms with van der Waals surface area (Å²) in [7, 11) is 0. The summed E-state index contributed by atoms with van der Waals surface area (Å²) in [5.74, 6) is 0.165. The average molecular weight is 207 g/mol. The molecule has 2 unspecified atom stereocenters. The summed E-state index contributed by atoms with van der Waals surface area (Å²) in [6, 6.07) is 9.91. The van der Waals surface area contributed by atoms with Gasteiger partial charge in [0.2, 0.25) is 0 Å². The number of benzene rings is 1. The predicted molar refractivity (Wildman–Crippen MR) is 60.6 cm³/mol. The molecule has 1 saturated heterocycles. The highest BCUT2D eigenvalue weighted by atomic mass is 19.1. The lowest BCUT2D eigenvalue weighted by molar-refractivity contribution is 0.113. The van der Waals surface area contributed by atoms with Crippen LogP contribution < -0.4 is 5.32 Å². The monoisotopic (exact) mass is 207 g/mol. The van der Waals surface area contributed by atoms with Crippen LogP contribution >= 0.6 is 0 Å². The molecule has 2 heteroatoms. The van der Waals surface area contributed by atoms with Crippen LogP contribution in [-0.4, -0.2) is 18.8 Å². The SMILES string of the molecule is CC(F)(Cc1ccccc1)C1CCNC1. The highest BCUT2D eigenvalue weighted by molar-refractivity contribution is 5.17. The van der Waals surface area contributed by atoms with Crippen molar-refractivity contribution < 1.29 is 4.39 Å². The molecule has 0 radical (unpaired) electrons. The molecule has 2 rings (SSSR count). The standard InChI is InChI=1S/C13H18FN/c1-13(14,12-7-8-15-10-12)9-11-5-3-2-4-6-11/h2-6,12,15H,7-10H2,1H3. The van der Waals surface area contributed by atoms with Gasteiger partial charge in [-0.3, -0.25) is 0 Å². The second-order valence-electron chi connectivity index (χ2n) is 4.63. The van der Waals surface area contributed by atoms with Gasteiger partial charge in [0.25, 0.3) is 0 Å². The molecule has 1 N–H and O–H groups in total. The number of hydrogen-bond donors (Lipinski definition) is 1. The summed E-state index contributed by atoms with van der Waals surface area (Å²) in [5.41, 5.74) is 0.0135. The second-order valence-corrected chi connectivity index (χ2v) is 4.63. The topological polar surface area (TPSA) is 12.0 Å². The molecule has 1 aromatic carbocycles. The van der Waals surface area contributed by atoms with Gasteiger partial charge < -0.3 is 5.32 Å². The van der Waals surface area contributed by atoms with Gasteiger partial charge in [-0.1, -0.05) is 30.3 Å². The molecule has 82 valence electrons. The van der Waals surface area contributed by atoms with E-state index >= 15 is 0 Å². The lowest BCUT2D eigenvalue weighted by Gasteiger charge is -2.26. The van der Waals surface area contributed by atoms with Crippen molar-refractivity contribution >= 4 is 0 Å². The lowest BCUT2D eigenvalue weighted by Crippen LogP contribution is -2.33. The van der Waals surface area contributed by atoms with E-state index in [4.69, 9.17) is 0 Å². The molecule has 0 amide bonds. The van der Waals surface area contributed by atoms with Crippen molar-refractivity contribution in [3.05, 3.63) is 35.9 Å². The Bertz CT molecular complexity index is 302. The van der Waals surface area contributed by atoms with E-state index < -0.39 is 5.67 Å². The minimum absolute atomic E-state index is 0.165. The van der Waals surface area contributed by atoms with Gasteiger partial charge in [-0.05, 0) is 25.5 Å². The first-order chi connectivity index (χ1) is 7.18. The summed E-state index contributed by atoms with van der Waals surface area (Å²) in [5, 5.41) is 3.22. The third-order valence-electron chi connectivity index (χ3n) is 3.30. The molecule has 1 aliphatic heterocycles. The Morgan fingerprint density at radius 1 is 1.40 bits per heavy atom. The summed E-state index contributed by atoms with van der Waals surface area (Å²) < 4.78 is 14.4. The molecule has 1 heterocycles. The maximum Gasteiger partial charge on any atom is 0.116 e. The summed E-state index contributed by atoms with van der Waals surface area (Å²) in [6.07, 6.45) is 1.49. The van der Waals surface area contributed by atoms with Gasteiger partial charge in [-0.15, -0.1) is 0 Å². The van der Waals surface area contributed by atoms with Crippen LogP contribution in [0.3, 0.4) is 0 Å². The van der Waals surface area contributed by atoms with Crippen molar-refractivity contribution in [1.82, 2.24) is 5.32 Å². The van der Waals surface area contributed by atoms with Crippen LogP contribution in [0.15, 0.2) is 30.3 Å². The number of rotatable bonds is 3. The molecular formula is C13H18FN. The van der Waals surface area contributed by atoms with Crippen LogP contribution in [0.2, 0.25) is 0 Å². The highest BCUT2D eigenvalue weighted by Gasteiger charge is 2.35. The minimum Gasteiger partial charge on any atom is -0.316 e. The van der Waals surface area contributed by atoms with Crippen molar-refractivity contribution in [2.45, 2.75) is 25.4 Å². The van der Waals surface area contributed by atoms with Crippen molar-refractivity contribution in [2.75, 3.05) is 13.1 Å². The molecular weight excluding hydrogens is 189 g/mol. The largest absolute Gasteiger partial charge is 0.316 e. The van der Waals surface area contributed by atoms with Crippen LogP contribution in [0, 0.1) is 5.92 Å². The first-order valence-electron chi connectivity index (χ1n) is 5.62. The fourth-order valence-electron chi connectivity index (χ4n) is 2.31. The molecule has 0 bridgehead atoms. The minimum atomic E-state index is -1.08. The van der Waals surface area contributed by atoms with E-state index in [1.54, 1.807) is 6.92 Å². The zero-order valence-electron chi connectivity index (χ0n) is 9.17. The van der Waals surface area contributed by atoms with Crippen LogP contribution in [0.4, 0.5) is 4.39 Å². The first-order valence-corrected chi connectivity index (χ1v) is 5.62. The molecule has 15 heavy (non-hydrogen) atoms. The van der Waals surface area contributed by atoms with Gasteiger partial charge >= 0.3 is 0 Å². The number of hydrogen-bond acceptors (Lipinski definition) is 1. The molecule has 0 spiro atoms. The molecule has 0 aliphatic carbocycles. The van der Waals surface area contributed by atoms with E-state index in [0.717, 1.165) is 25.1 Å². The van der Waals surface area contributed by atoms with E-state index in [1.165, 1.54) is 0 Å². The number of alkyl halides is 1. The van der Waals surface area contributed by atoms with E-state index in [1.807, 2.05) is 30.3 Å². The van der Waals surface area contributed by atoms with E-state index in [0.29, 0.717) is 6.42 Å². The fourth-order valence-corrected chi connectivity index (χ4v) is 2.31. The van der Waals surface area contributed by atoms with Crippen LogP contribution in [0.5, 0.6) is 0 Å². The maximum atomic E-state index is 14.4. The number of halogens is 1. The van der Waals surface area contributed by atoms with Gasteiger partial charge in [0.1, 0.15) is 5.67 Å². The van der Waals surface area contributed by atoms with Gasteiger partial charge in [-0.2, -0.15) is 0 Å². The van der Waals surface area contributed by atoms with Gasteiger partial charge in [0, 0.05) is 18.9 Å². The normalized spacial score (nSPS) is 25.1. The summed E-state index contributed by atoms with van der Waals surface area (Å²) >= 11 is 0. The van der Waals surface area contributed by atoms with Gasteiger partial charge in [0.15, 0.2) is 0 Å². The Balaban J connectivity index is 2.03. The Morgan fingerprint density at radius 2 is 2.13 bits per heavy atom. The third kappa shape index (κ3) is 2.57. The quantitative estimate of drug-likeness (QED) is 0.803. The fraction of sp³-hybridized carbons (Fsp3) is 0.538. The Kier molecular flexibility index (Phi) is 3.06. The smallest absolute Gasteiger partial charge is 0.116 e. The zero-order chi connectivity index (χ0) is 10.7. The number of nitrogens with one attached hydrogen (secondary N) is 1. The van der Waals surface area contributed by atoms with Crippen LogP contribution in [0.1, 0.15) is 18.9 Å². The lowest BCUT2D eigenvalue weighted by atomic mass is 9.85. The van der Waals surface area contributed by atoms with Crippen molar-refractivity contribution in [3.8, 4) is 0 Å². The Labute approximate surface area is 90.7 Å². The van der Waals surface area contributed by atoms with E-state index in [-0.39, 0.29) is 5.92 Å². The van der Waals surface area contributed by atoms with Gasteiger partial charge in [0.05, 0.1) is 0 Å². The average Bonchev–Trinajstić information content (AvgIpc) is 2.71. The Morgan fingerprint density at radius 3 is 2.73 bits per heavy atom. The zero-order valence-corrected chi connectivity index (χ0v) is 9.17.